The predicted molar refractivity (Wildman–Crippen MR) is 119 cm³/mol. The molecule has 0 fully saturated rings. The van der Waals surface area contributed by atoms with Gasteiger partial charge in [-0.3, -0.25) is 4.79 Å². The van der Waals surface area contributed by atoms with Crippen molar-refractivity contribution in [2.45, 2.75) is 46.3 Å². The molecular formula is C22H33N3O5S. The number of nitrogens with zero attached hydrogens (tertiary/aromatic N) is 3. The number of carbonyl (C=O) groups excluding carboxylic acids is 1. The van der Waals surface area contributed by atoms with E-state index < -0.39 is 22.2 Å². The van der Waals surface area contributed by atoms with Gasteiger partial charge in [-0.1, -0.05) is 32.6 Å². The normalized spacial score (nSPS) is 20.4. The highest BCUT2D eigenvalue weighted by Crippen LogP contribution is 2.27. The summed E-state index contributed by atoms with van der Waals surface area (Å²) >= 11 is 0. The average Bonchev–Trinajstić information content (AvgIpc) is 2.69. The molecule has 0 saturated heterocycles. The van der Waals surface area contributed by atoms with E-state index in [0.717, 1.165) is 12.7 Å². The van der Waals surface area contributed by atoms with Crippen LogP contribution in [0.25, 0.3) is 0 Å². The summed E-state index contributed by atoms with van der Waals surface area (Å²) in [6.07, 6.45) is 2.90. The summed E-state index contributed by atoms with van der Waals surface area (Å²) < 4.78 is 31.1. The molecule has 9 heteroatoms. The van der Waals surface area contributed by atoms with E-state index >= 15 is 0 Å². The molecule has 3 atom stereocenters. The highest BCUT2D eigenvalue weighted by molar-refractivity contribution is 7.88. The van der Waals surface area contributed by atoms with E-state index in [1.807, 2.05) is 6.92 Å². The Labute approximate surface area is 185 Å². The fraction of sp³-hybridized carbons (Fsp3) is 0.636. The first-order chi connectivity index (χ1) is 14.4. The van der Waals surface area contributed by atoms with Gasteiger partial charge in [-0.15, -0.1) is 0 Å². The minimum absolute atomic E-state index is 0.118. The Kier molecular flexibility index (Phi) is 8.46. The summed E-state index contributed by atoms with van der Waals surface area (Å²) in [4.78, 5) is 19.2. The maximum atomic E-state index is 13.3. The average molecular weight is 452 g/mol. The number of aliphatic hydroxyl groups is 1. The summed E-state index contributed by atoms with van der Waals surface area (Å²) in [5.41, 5.74) is 0.863. The molecule has 8 nitrogen and oxygen atoms in total. The van der Waals surface area contributed by atoms with Gasteiger partial charge in [-0.25, -0.2) is 17.7 Å². The van der Waals surface area contributed by atoms with Crippen LogP contribution in [0.4, 0.5) is 0 Å². The second kappa shape index (κ2) is 10.4. The number of ether oxygens (including phenoxy) is 1. The molecule has 1 aromatic heterocycles. The third kappa shape index (κ3) is 6.66. The van der Waals surface area contributed by atoms with Crippen molar-refractivity contribution >= 4 is 15.9 Å². The van der Waals surface area contributed by atoms with E-state index in [9.17, 15) is 18.3 Å². The summed E-state index contributed by atoms with van der Waals surface area (Å²) in [5.74, 6) is 6.22. The number of fused-ring (bicyclic) bond motifs is 1. The Hall–Kier alpha value is -2.15. The van der Waals surface area contributed by atoms with Crippen molar-refractivity contribution < 1.29 is 23.1 Å². The molecule has 1 aliphatic heterocycles. The van der Waals surface area contributed by atoms with E-state index in [0.29, 0.717) is 18.0 Å². The molecular weight excluding hydrogens is 418 g/mol. The number of rotatable bonds is 6. The molecule has 1 aromatic rings. The number of aromatic nitrogens is 1. The number of amides is 1. The van der Waals surface area contributed by atoms with E-state index in [1.165, 1.54) is 11.4 Å². The molecule has 0 saturated carbocycles. The lowest BCUT2D eigenvalue weighted by atomic mass is 10.00. The van der Waals surface area contributed by atoms with Crippen LogP contribution in [0.1, 0.15) is 50.0 Å². The molecule has 1 amide bonds. The zero-order valence-electron chi connectivity index (χ0n) is 19.1. The molecule has 1 aliphatic rings. The number of aliphatic hydroxyl groups excluding tert-OH is 1. The second-order valence-corrected chi connectivity index (χ2v) is 10.7. The van der Waals surface area contributed by atoms with Gasteiger partial charge in [0.2, 0.25) is 15.9 Å². The van der Waals surface area contributed by atoms with E-state index in [-0.39, 0.29) is 36.4 Å². The number of hydrogen-bond acceptors (Lipinski definition) is 6. The highest BCUT2D eigenvalue weighted by Gasteiger charge is 2.35. The first kappa shape index (κ1) is 25.1. The van der Waals surface area contributed by atoms with Gasteiger partial charge >= 0.3 is 0 Å². The summed E-state index contributed by atoms with van der Waals surface area (Å²) in [5, 5.41) is 9.69. The van der Waals surface area contributed by atoms with Gasteiger partial charge in [0, 0.05) is 37.7 Å². The van der Waals surface area contributed by atoms with Crippen LogP contribution in [0.15, 0.2) is 12.3 Å². The van der Waals surface area contributed by atoms with Crippen LogP contribution in [-0.4, -0.2) is 78.8 Å². The minimum Gasteiger partial charge on any atom is -0.472 e. The zero-order valence-corrected chi connectivity index (χ0v) is 19.9. The highest BCUT2D eigenvalue weighted by atomic mass is 32.2. The molecule has 0 unspecified atom stereocenters. The Morgan fingerprint density at radius 2 is 2.06 bits per heavy atom. The van der Waals surface area contributed by atoms with E-state index in [2.05, 4.69) is 30.7 Å². The lowest BCUT2D eigenvalue weighted by molar-refractivity contribution is 0.0373. The minimum atomic E-state index is -3.40. The van der Waals surface area contributed by atoms with Crippen molar-refractivity contribution in [2.24, 2.45) is 11.8 Å². The van der Waals surface area contributed by atoms with Crippen LogP contribution in [0.3, 0.4) is 0 Å². The third-order valence-electron chi connectivity index (χ3n) is 5.27. The molecule has 0 aliphatic carbocycles. The van der Waals surface area contributed by atoms with Gasteiger partial charge in [0.25, 0.3) is 5.91 Å². The number of pyridine rings is 1. The predicted octanol–water partition coefficient (Wildman–Crippen LogP) is 1.59. The van der Waals surface area contributed by atoms with Gasteiger partial charge in [-0.2, -0.15) is 0 Å². The van der Waals surface area contributed by atoms with Crippen LogP contribution in [0.5, 0.6) is 5.88 Å². The summed E-state index contributed by atoms with van der Waals surface area (Å²) in [6.45, 7) is 8.05. The quantitative estimate of drug-likeness (QED) is 0.660. The molecule has 1 N–H and O–H groups in total. The van der Waals surface area contributed by atoms with Gasteiger partial charge < -0.3 is 14.7 Å². The van der Waals surface area contributed by atoms with E-state index in [1.54, 1.807) is 24.1 Å². The van der Waals surface area contributed by atoms with Crippen LogP contribution < -0.4 is 4.74 Å². The topological polar surface area (TPSA) is 100 Å². The van der Waals surface area contributed by atoms with Gasteiger partial charge in [0.1, 0.15) is 11.7 Å². The lowest BCUT2D eigenvalue weighted by Crippen LogP contribution is -2.50. The van der Waals surface area contributed by atoms with E-state index in [4.69, 9.17) is 4.74 Å². The van der Waals surface area contributed by atoms with Crippen LogP contribution in [-0.2, 0) is 10.0 Å². The monoisotopic (exact) mass is 451 g/mol. The van der Waals surface area contributed by atoms with Crippen LogP contribution in [0, 0.1) is 23.7 Å². The molecule has 31 heavy (non-hydrogen) atoms. The van der Waals surface area contributed by atoms with Crippen LogP contribution in [0.2, 0.25) is 0 Å². The van der Waals surface area contributed by atoms with Crippen molar-refractivity contribution in [3.63, 3.8) is 0 Å². The first-order valence-electron chi connectivity index (χ1n) is 10.4. The fourth-order valence-electron chi connectivity index (χ4n) is 3.13. The Morgan fingerprint density at radius 3 is 2.65 bits per heavy atom. The molecule has 172 valence electrons. The van der Waals surface area contributed by atoms with Crippen molar-refractivity contribution in [1.29, 1.82) is 0 Å². The molecule has 0 bridgehead atoms. The molecule has 2 rings (SSSR count). The lowest BCUT2D eigenvalue weighted by Gasteiger charge is -2.37. The SMILES string of the molecule is CC(C)CC#Cc1cnc2c(c1)C(=O)N([C@@H](C)CO)C[C@H](C)[C@@H](CN(C)S(C)(=O)=O)O2. The number of carbonyl (C=O) groups is 1. The zero-order chi connectivity index (χ0) is 23.3. The first-order valence-corrected chi connectivity index (χ1v) is 12.3. The number of sulfonamides is 1. The number of likely N-dealkylation sites (N-methyl/N-ethyl adjacent to an activating group) is 1. The maximum Gasteiger partial charge on any atom is 0.259 e. The molecule has 2 heterocycles. The standard InChI is InChI=1S/C22H33N3O5S/c1-15(2)8-7-9-18-10-19-21(23-11-18)30-20(13-24(5)31(6,28)29)16(3)12-25(22(19)27)17(4)14-26/h10-11,15-17,20,26H,8,12-14H2,1-6H3/t16-,17-,20+/m0/s1. The van der Waals surface area contributed by atoms with Gasteiger partial charge in [-0.05, 0) is 18.9 Å². The fourth-order valence-corrected chi connectivity index (χ4v) is 3.55. The van der Waals surface area contributed by atoms with Crippen LogP contribution >= 0.6 is 0 Å². The van der Waals surface area contributed by atoms with Gasteiger partial charge in [0.15, 0.2) is 0 Å². The van der Waals surface area contributed by atoms with Gasteiger partial charge in [0.05, 0.1) is 25.4 Å². The third-order valence-corrected chi connectivity index (χ3v) is 6.55. The Bertz CT molecular complexity index is 952. The van der Waals surface area contributed by atoms with Crippen molar-refractivity contribution in [1.82, 2.24) is 14.2 Å². The Balaban J connectivity index is 2.48. The maximum absolute atomic E-state index is 13.3. The van der Waals surface area contributed by atoms with Crippen molar-refractivity contribution in [2.75, 3.05) is 33.0 Å². The summed E-state index contributed by atoms with van der Waals surface area (Å²) in [7, 11) is -1.91. The second-order valence-electron chi connectivity index (χ2n) is 8.64. The largest absolute Gasteiger partial charge is 0.472 e. The molecule has 0 spiro atoms. The Morgan fingerprint density at radius 1 is 1.39 bits per heavy atom. The van der Waals surface area contributed by atoms with Crippen molar-refractivity contribution in [3.05, 3.63) is 23.4 Å². The van der Waals surface area contributed by atoms with Crippen molar-refractivity contribution in [3.8, 4) is 17.7 Å². The smallest absolute Gasteiger partial charge is 0.259 e. The molecule has 0 aromatic carbocycles. The number of hydrogen-bond donors (Lipinski definition) is 1. The molecule has 0 radical (unpaired) electrons. The summed E-state index contributed by atoms with van der Waals surface area (Å²) in [6, 6.07) is 1.24.